The quantitative estimate of drug-likeness (QED) is 0.765. The molecule has 118 valence electrons. The molecule has 1 aromatic heterocycles. The van der Waals surface area contributed by atoms with Crippen LogP contribution in [0.5, 0.6) is 5.75 Å². The monoisotopic (exact) mass is 318 g/mol. The third kappa shape index (κ3) is 4.12. The largest absolute Gasteiger partial charge is 0.573 e. The van der Waals surface area contributed by atoms with E-state index in [0.29, 0.717) is 0 Å². The molecule has 23 heavy (non-hydrogen) atoms. The molecule has 0 saturated carbocycles. The summed E-state index contributed by atoms with van der Waals surface area (Å²) in [6, 6.07) is 15.5. The van der Waals surface area contributed by atoms with Crippen molar-refractivity contribution >= 4 is 0 Å². The van der Waals surface area contributed by atoms with E-state index in [1.165, 1.54) is 12.1 Å². The van der Waals surface area contributed by atoms with Gasteiger partial charge in [0.2, 0.25) is 0 Å². The zero-order chi connectivity index (χ0) is 16.3. The second-order valence-electron chi connectivity index (χ2n) is 5.01. The molecule has 3 rings (SSSR count). The van der Waals surface area contributed by atoms with Gasteiger partial charge in [-0.3, -0.25) is 5.10 Å². The zero-order valence-electron chi connectivity index (χ0n) is 12.0. The van der Waals surface area contributed by atoms with Crippen LogP contribution in [0, 0.1) is 0 Å². The van der Waals surface area contributed by atoms with Crippen LogP contribution in [0.1, 0.15) is 11.3 Å². The Morgan fingerprint density at radius 3 is 2.00 bits per heavy atom. The van der Waals surface area contributed by atoms with Crippen molar-refractivity contribution < 1.29 is 17.9 Å². The fourth-order valence-electron chi connectivity index (χ4n) is 2.26. The minimum atomic E-state index is -4.67. The Labute approximate surface area is 130 Å². The average molecular weight is 318 g/mol. The normalized spacial score (nSPS) is 11.4. The van der Waals surface area contributed by atoms with Gasteiger partial charge < -0.3 is 4.74 Å². The smallest absolute Gasteiger partial charge is 0.406 e. The maximum Gasteiger partial charge on any atom is 0.573 e. The summed E-state index contributed by atoms with van der Waals surface area (Å²) >= 11 is 0. The van der Waals surface area contributed by atoms with Gasteiger partial charge in [-0.1, -0.05) is 36.4 Å². The summed E-state index contributed by atoms with van der Waals surface area (Å²) in [5, 5.41) is 6.87. The molecule has 1 heterocycles. The van der Waals surface area contributed by atoms with Crippen molar-refractivity contribution in [3.05, 3.63) is 72.1 Å². The minimum absolute atomic E-state index is 0.226. The first-order chi connectivity index (χ1) is 11.0. The number of nitrogens with one attached hydrogen (secondary N) is 1. The lowest BCUT2D eigenvalue weighted by atomic mass is 10.0. The predicted molar refractivity (Wildman–Crippen MR) is 80.0 cm³/mol. The third-order valence-electron chi connectivity index (χ3n) is 3.32. The number of hydrogen-bond acceptors (Lipinski definition) is 2. The second-order valence-corrected chi connectivity index (χ2v) is 5.01. The number of aromatic amines is 1. The molecule has 3 aromatic rings. The van der Waals surface area contributed by atoms with Crippen molar-refractivity contribution in [2.24, 2.45) is 0 Å². The summed E-state index contributed by atoms with van der Waals surface area (Å²) in [7, 11) is 0. The molecule has 0 aliphatic heterocycles. The lowest BCUT2D eigenvalue weighted by Crippen LogP contribution is -2.16. The second kappa shape index (κ2) is 6.16. The molecule has 0 amide bonds. The number of aromatic nitrogens is 2. The molecule has 0 atom stereocenters. The maximum absolute atomic E-state index is 12.1. The van der Waals surface area contributed by atoms with Gasteiger partial charge in [-0.2, -0.15) is 5.10 Å². The van der Waals surface area contributed by atoms with Gasteiger partial charge in [0.05, 0.1) is 5.69 Å². The van der Waals surface area contributed by atoms with Crippen molar-refractivity contribution in [2.45, 2.75) is 12.8 Å². The van der Waals surface area contributed by atoms with Gasteiger partial charge in [0.25, 0.3) is 0 Å². The van der Waals surface area contributed by atoms with Crippen molar-refractivity contribution in [1.82, 2.24) is 10.2 Å². The van der Waals surface area contributed by atoms with Gasteiger partial charge in [0.15, 0.2) is 0 Å². The highest BCUT2D eigenvalue weighted by atomic mass is 19.4. The fourth-order valence-corrected chi connectivity index (χ4v) is 2.26. The molecule has 0 fully saturated rings. The van der Waals surface area contributed by atoms with E-state index in [0.717, 1.165) is 28.8 Å². The van der Waals surface area contributed by atoms with Gasteiger partial charge in [-0.15, -0.1) is 13.2 Å². The van der Waals surface area contributed by atoms with Crippen molar-refractivity contribution in [1.29, 1.82) is 0 Å². The van der Waals surface area contributed by atoms with Gasteiger partial charge in [0, 0.05) is 12.6 Å². The summed E-state index contributed by atoms with van der Waals surface area (Å²) in [4.78, 5) is 0. The Balaban J connectivity index is 1.71. The Morgan fingerprint density at radius 1 is 0.870 bits per heavy atom. The van der Waals surface area contributed by atoms with Gasteiger partial charge in [-0.25, -0.2) is 0 Å². The van der Waals surface area contributed by atoms with Crippen molar-refractivity contribution in [3.63, 3.8) is 0 Å². The molecule has 0 bridgehead atoms. The van der Waals surface area contributed by atoms with E-state index in [1.807, 2.05) is 30.3 Å². The lowest BCUT2D eigenvalue weighted by molar-refractivity contribution is -0.274. The highest BCUT2D eigenvalue weighted by Gasteiger charge is 2.30. The maximum atomic E-state index is 12.1. The van der Waals surface area contributed by atoms with Crippen molar-refractivity contribution in [3.8, 4) is 16.9 Å². The van der Waals surface area contributed by atoms with E-state index in [-0.39, 0.29) is 5.75 Å². The van der Waals surface area contributed by atoms with Crippen LogP contribution < -0.4 is 4.74 Å². The van der Waals surface area contributed by atoms with Crippen LogP contribution in [-0.2, 0) is 6.42 Å². The molecule has 0 saturated heterocycles. The highest BCUT2D eigenvalue weighted by Crippen LogP contribution is 2.26. The highest BCUT2D eigenvalue weighted by molar-refractivity contribution is 5.64. The lowest BCUT2D eigenvalue weighted by Gasteiger charge is -2.09. The first kappa shape index (κ1) is 15.1. The third-order valence-corrected chi connectivity index (χ3v) is 3.32. The summed E-state index contributed by atoms with van der Waals surface area (Å²) in [5.41, 5.74) is 3.81. The molecule has 3 nitrogen and oxygen atoms in total. The number of nitrogens with zero attached hydrogens (tertiary/aromatic N) is 1. The first-order valence-electron chi connectivity index (χ1n) is 6.93. The number of hydrogen-bond donors (Lipinski definition) is 1. The summed E-state index contributed by atoms with van der Waals surface area (Å²) in [6.45, 7) is 0. The summed E-state index contributed by atoms with van der Waals surface area (Å²) in [6.07, 6.45) is -2.17. The Morgan fingerprint density at radius 2 is 1.48 bits per heavy atom. The number of rotatable bonds is 4. The van der Waals surface area contributed by atoms with Crippen LogP contribution in [-0.4, -0.2) is 16.6 Å². The molecule has 0 spiro atoms. The van der Waals surface area contributed by atoms with E-state index in [4.69, 9.17) is 0 Å². The zero-order valence-corrected chi connectivity index (χ0v) is 12.0. The molecule has 2 aromatic carbocycles. The molecular formula is C17H13F3N2O. The molecular weight excluding hydrogens is 305 g/mol. The number of halogens is 3. The average Bonchev–Trinajstić information content (AvgIpc) is 3.00. The number of H-pyrrole nitrogens is 1. The topological polar surface area (TPSA) is 37.9 Å². The fraction of sp³-hybridized carbons (Fsp3) is 0.118. The van der Waals surface area contributed by atoms with Gasteiger partial charge >= 0.3 is 6.36 Å². The van der Waals surface area contributed by atoms with E-state index >= 15 is 0 Å². The van der Waals surface area contributed by atoms with Crippen LogP contribution in [0.25, 0.3) is 11.1 Å². The van der Waals surface area contributed by atoms with Crippen LogP contribution in [0.4, 0.5) is 13.2 Å². The van der Waals surface area contributed by atoms with E-state index in [2.05, 4.69) is 14.9 Å². The van der Waals surface area contributed by atoms with Crippen molar-refractivity contribution in [2.75, 3.05) is 0 Å². The summed E-state index contributed by atoms with van der Waals surface area (Å²) in [5.74, 6) is -0.226. The van der Waals surface area contributed by atoms with Crippen LogP contribution >= 0.6 is 0 Å². The Kier molecular flexibility index (Phi) is 4.06. The van der Waals surface area contributed by atoms with E-state index in [1.54, 1.807) is 18.3 Å². The van der Waals surface area contributed by atoms with Crippen LogP contribution in [0.2, 0.25) is 0 Å². The van der Waals surface area contributed by atoms with Crippen LogP contribution in [0.3, 0.4) is 0 Å². The molecule has 6 heteroatoms. The minimum Gasteiger partial charge on any atom is -0.406 e. The Hall–Kier alpha value is -2.76. The number of benzene rings is 2. The molecule has 0 aliphatic carbocycles. The van der Waals surface area contributed by atoms with Gasteiger partial charge in [-0.05, 0) is 34.9 Å². The summed E-state index contributed by atoms with van der Waals surface area (Å²) < 4.78 is 40.3. The molecule has 0 radical (unpaired) electrons. The first-order valence-corrected chi connectivity index (χ1v) is 6.93. The van der Waals surface area contributed by atoms with E-state index in [9.17, 15) is 13.2 Å². The Bertz CT molecular complexity index is 748. The standard InChI is InChI=1S/C17H13F3N2O/c18-17(19,20)23-16-7-5-14(6-8-16)13-3-1-12(2-4-13)11-15-9-10-21-22-15/h1-10H,11H2,(H,21,22). The van der Waals surface area contributed by atoms with Crippen LogP contribution in [0.15, 0.2) is 60.8 Å². The number of alkyl halides is 3. The molecule has 1 N–H and O–H groups in total. The molecule has 0 aliphatic rings. The molecule has 0 unspecified atom stereocenters. The number of ether oxygens (including phenoxy) is 1. The van der Waals surface area contributed by atoms with E-state index < -0.39 is 6.36 Å². The SMILES string of the molecule is FC(F)(F)Oc1ccc(-c2ccc(Cc3cc[nH]n3)cc2)cc1. The predicted octanol–water partition coefficient (Wildman–Crippen LogP) is 4.57. The van der Waals surface area contributed by atoms with Gasteiger partial charge in [0.1, 0.15) is 5.75 Å².